The highest BCUT2D eigenvalue weighted by Crippen LogP contribution is 2.66. The van der Waals surface area contributed by atoms with E-state index in [1.165, 1.54) is 35.4 Å². The summed E-state index contributed by atoms with van der Waals surface area (Å²) in [7, 11) is 0. The lowest BCUT2D eigenvalue weighted by atomic mass is 9.55. The van der Waals surface area contributed by atoms with Gasteiger partial charge in [-0.1, -0.05) is 26.0 Å². The van der Waals surface area contributed by atoms with Gasteiger partial charge in [0.15, 0.2) is 0 Å². The fraction of sp³-hybridized carbons (Fsp3) is 0.667. The first-order valence-electron chi connectivity index (χ1n) is 13.7. The van der Waals surface area contributed by atoms with Crippen molar-refractivity contribution < 1.29 is 9.59 Å². The third kappa shape index (κ3) is 3.03. The molecule has 7 rings (SSSR count). The molecule has 0 amide bonds. The second-order valence-electron chi connectivity index (χ2n) is 12.3. The van der Waals surface area contributed by atoms with E-state index in [-0.39, 0.29) is 23.7 Å². The molecule has 5 fully saturated rings. The zero-order valence-electron chi connectivity index (χ0n) is 20.3. The van der Waals surface area contributed by atoms with E-state index in [9.17, 15) is 9.59 Å². The molecule has 2 aromatic rings. The third-order valence-electron chi connectivity index (χ3n) is 11.3. The van der Waals surface area contributed by atoms with Crippen LogP contribution in [0.25, 0.3) is 0 Å². The molecule has 5 saturated carbocycles. The van der Waals surface area contributed by atoms with Crippen LogP contribution in [0.3, 0.4) is 0 Å². The van der Waals surface area contributed by atoms with Crippen LogP contribution in [0.5, 0.6) is 0 Å². The highest BCUT2D eigenvalue weighted by Gasteiger charge is 2.66. The van der Waals surface area contributed by atoms with Crippen molar-refractivity contribution in [2.24, 2.45) is 59.2 Å². The number of Topliss-reactive ketones (excluding diaryl/α,β-unsaturated/α-hetero) is 2. The minimum absolute atomic E-state index is 0.204. The van der Waals surface area contributed by atoms with Crippen LogP contribution in [0.1, 0.15) is 74.0 Å². The molecule has 0 radical (unpaired) electrons. The van der Waals surface area contributed by atoms with Crippen LogP contribution in [0.15, 0.2) is 35.0 Å². The summed E-state index contributed by atoms with van der Waals surface area (Å²) in [6.07, 6.45) is 6.89. The van der Waals surface area contributed by atoms with Crippen molar-refractivity contribution in [1.29, 1.82) is 0 Å². The summed E-state index contributed by atoms with van der Waals surface area (Å²) >= 11 is 3.72. The van der Waals surface area contributed by atoms with E-state index in [4.69, 9.17) is 0 Å². The Hall–Kier alpha value is -1.26. The Morgan fingerprint density at radius 2 is 1.12 bits per heavy atom. The van der Waals surface area contributed by atoms with Crippen LogP contribution in [-0.2, 0) is 9.59 Å². The van der Waals surface area contributed by atoms with E-state index in [1.807, 2.05) is 22.7 Å². The third-order valence-corrected chi connectivity index (χ3v) is 13.3. The molecule has 180 valence electrons. The van der Waals surface area contributed by atoms with Crippen molar-refractivity contribution in [1.82, 2.24) is 0 Å². The average Bonchev–Trinajstić information content (AvgIpc) is 3.64. The molecule has 0 aromatic carbocycles. The molecule has 0 saturated heterocycles. The number of thiophene rings is 2. The Bertz CT molecular complexity index is 985. The zero-order chi connectivity index (χ0) is 23.1. The number of fused-ring (bicyclic) bond motifs is 6. The summed E-state index contributed by atoms with van der Waals surface area (Å²) < 4.78 is 0. The number of hydrogen-bond donors (Lipinski definition) is 0. The number of carbonyl (C=O) groups is 2. The first-order valence-corrected chi connectivity index (χ1v) is 15.4. The minimum Gasteiger partial charge on any atom is -0.299 e. The highest BCUT2D eigenvalue weighted by atomic mass is 32.1. The second-order valence-corrected chi connectivity index (χ2v) is 14.3. The lowest BCUT2D eigenvalue weighted by Crippen LogP contribution is -2.46. The Kier molecular flexibility index (Phi) is 5.25. The van der Waals surface area contributed by atoms with Crippen molar-refractivity contribution in [2.45, 2.75) is 64.2 Å². The molecular weight excluding hydrogens is 456 g/mol. The predicted molar refractivity (Wildman–Crippen MR) is 138 cm³/mol. The van der Waals surface area contributed by atoms with E-state index in [0.29, 0.717) is 58.9 Å². The summed E-state index contributed by atoms with van der Waals surface area (Å²) in [5.41, 5.74) is 0. The number of carbonyl (C=O) groups excluding carboxylic acids is 2. The predicted octanol–water partition coefficient (Wildman–Crippen LogP) is 7.43. The molecule has 0 N–H and O–H groups in total. The summed E-state index contributed by atoms with van der Waals surface area (Å²) in [6.45, 7) is 4.74. The van der Waals surface area contributed by atoms with Crippen LogP contribution in [0.4, 0.5) is 0 Å². The van der Waals surface area contributed by atoms with Gasteiger partial charge in [-0.25, -0.2) is 0 Å². The van der Waals surface area contributed by atoms with Crippen LogP contribution in [-0.4, -0.2) is 11.6 Å². The first kappa shape index (κ1) is 22.0. The summed E-state index contributed by atoms with van der Waals surface area (Å²) in [5.74, 6) is 5.83. The topological polar surface area (TPSA) is 34.1 Å². The van der Waals surface area contributed by atoms with Crippen molar-refractivity contribution >= 4 is 34.2 Å². The average molecular weight is 493 g/mol. The highest BCUT2D eigenvalue weighted by molar-refractivity contribution is 7.10. The van der Waals surface area contributed by atoms with Crippen LogP contribution in [0, 0.1) is 59.2 Å². The van der Waals surface area contributed by atoms with E-state index < -0.39 is 0 Å². The molecule has 5 aliphatic rings. The Labute approximate surface area is 211 Å². The molecule has 5 aliphatic carbocycles. The van der Waals surface area contributed by atoms with E-state index in [2.05, 4.69) is 48.9 Å². The van der Waals surface area contributed by atoms with Gasteiger partial charge >= 0.3 is 0 Å². The summed E-state index contributed by atoms with van der Waals surface area (Å²) in [4.78, 5) is 30.9. The van der Waals surface area contributed by atoms with Gasteiger partial charge in [0.1, 0.15) is 11.6 Å². The Balaban J connectivity index is 1.17. The maximum Gasteiger partial charge on any atom is 0.139 e. The van der Waals surface area contributed by atoms with Gasteiger partial charge in [-0.05, 0) is 109 Å². The number of ketones is 2. The molecule has 34 heavy (non-hydrogen) atoms. The van der Waals surface area contributed by atoms with Crippen molar-refractivity contribution in [2.75, 3.05) is 0 Å². The molecule has 12 atom stereocenters. The van der Waals surface area contributed by atoms with E-state index in [1.54, 1.807) is 0 Å². The quantitative estimate of drug-likeness (QED) is 0.437. The van der Waals surface area contributed by atoms with Gasteiger partial charge < -0.3 is 0 Å². The normalized spacial score (nSPS) is 47.7. The van der Waals surface area contributed by atoms with Gasteiger partial charge in [-0.2, -0.15) is 0 Å². The standard InChI is InChI=1S/C30H36O2S2/c1-15-25-19-9-7-17(23-5-3-11-33-23)13-21(19)30(32)28(25)16(2)26-20-10-8-18(24-6-4-12-34-24)14-22(20)29(31)27(15)26/h3-6,11-12,15-22,25-28H,7-10,13-14H2,1-2H3. The van der Waals surface area contributed by atoms with E-state index >= 15 is 0 Å². The van der Waals surface area contributed by atoms with Gasteiger partial charge in [-0.3, -0.25) is 9.59 Å². The number of rotatable bonds is 2. The lowest BCUT2D eigenvalue weighted by Gasteiger charge is -2.48. The molecule has 0 bridgehead atoms. The molecule has 0 aliphatic heterocycles. The van der Waals surface area contributed by atoms with Gasteiger partial charge in [0, 0.05) is 33.4 Å². The molecule has 2 aromatic heterocycles. The summed E-state index contributed by atoms with van der Waals surface area (Å²) in [5, 5.41) is 4.36. The van der Waals surface area contributed by atoms with Crippen LogP contribution >= 0.6 is 22.7 Å². The van der Waals surface area contributed by atoms with Crippen LogP contribution < -0.4 is 0 Å². The lowest BCUT2D eigenvalue weighted by molar-refractivity contribution is -0.134. The van der Waals surface area contributed by atoms with Gasteiger partial charge in [0.05, 0.1) is 0 Å². The second kappa shape index (κ2) is 8.13. The summed E-state index contributed by atoms with van der Waals surface area (Å²) in [6, 6.07) is 8.85. The zero-order valence-corrected chi connectivity index (χ0v) is 21.9. The van der Waals surface area contributed by atoms with E-state index in [0.717, 1.165) is 12.8 Å². The fourth-order valence-electron chi connectivity index (χ4n) is 10.1. The van der Waals surface area contributed by atoms with Crippen LogP contribution in [0.2, 0.25) is 0 Å². The number of hydrogen-bond acceptors (Lipinski definition) is 4. The van der Waals surface area contributed by atoms with Gasteiger partial charge in [0.2, 0.25) is 0 Å². The Morgan fingerprint density at radius 1 is 0.676 bits per heavy atom. The molecule has 2 heterocycles. The van der Waals surface area contributed by atoms with Gasteiger partial charge in [0.25, 0.3) is 0 Å². The van der Waals surface area contributed by atoms with Gasteiger partial charge in [-0.15, -0.1) is 22.7 Å². The van der Waals surface area contributed by atoms with Crippen molar-refractivity contribution in [3.63, 3.8) is 0 Å². The fourth-order valence-corrected chi connectivity index (χ4v) is 11.8. The molecule has 4 heteroatoms. The largest absolute Gasteiger partial charge is 0.299 e. The van der Waals surface area contributed by atoms with Crippen molar-refractivity contribution in [3.05, 3.63) is 44.8 Å². The first-order chi connectivity index (χ1) is 16.5. The molecule has 0 spiro atoms. The smallest absolute Gasteiger partial charge is 0.139 e. The SMILES string of the molecule is CC1C2C(=O)C3CC(c4cccs4)CCC3C2C(C)C2C(=O)C3CC(c4cccs4)CCC3C12. The maximum absolute atomic E-state index is 14.0. The van der Waals surface area contributed by atoms with Crippen molar-refractivity contribution in [3.8, 4) is 0 Å². The molecular formula is C30H36O2S2. The molecule has 2 nitrogen and oxygen atoms in total. The minimum atomic E-state index is 0.204. The Morgan fingerprint density at radius 3 is 1.50 bits per heavy atom. The monoisotopic (exact) mass is 492 g/mol. The molecule has 12 unspecified atom stereocenters. The maximum atomic E-state index is 14.0.